The predicted octanol–water partition coefficient (Wildman–Crippen LogP) is 4.07. The smallest absolute Gasteiger partial charge is 0.306 e. The Bertz CT molecular complexity index is 836. The van der Waals surface area contributed by atoms with Crippen molar-refractivity contribution < 1.29 is 19.7 Å². The van der Waals surface area contributed by atoms with Gasteiger partial charge in [0.05, 0.1) is 12.0 Å². The lowest BCUT2D eigenvalue weighted by atomic mass is 9.88. The lowest BCUT2D eigenvalue weighted by Crippen LogP contribution is -2.35. The second kappa shape index (κ2) is 9.14. The molecule has 0 aromatic heterocycles. The molecule has 0 radical (unpaired) electrons. The van der Waals surface area contributed by atoms with Crippen molar-refractivity contribution in [2.45, 2.75) is 51.2 Å². The molecular weight excluding hydrogens is 366 g/mol. The number of aliphatic carboxylic acids is 1. The van der Waals surface area contributed by atoms with Crippen molar-refractivity contribution in [2.24, 2.45) is 11.8 Å². The lowest BCUT2D eigenvalue weighted by Gasteiger charge is -2.30. The number of nitrogens with zero attached hydrogens (tertiary/aromatic N) is 1. The first-order valence-corrected chi connectivity index (χ1v) is 10.9. The van der Waals surface area contributed by atoms with E-state index in [-0.39, 0.29) is 12.0 Å². The van der Waals surface area contributed by atoms with E-state index in [1.165, 1.54) is 16.3 Å². The number of carbonyl (C=O) groups is 1. The van der Waals surface area contributed by atoms with Crippen molar-refractivity contribution in [3.8, 4) is 5.75 Å². The molecule has 5 nitrogen and oxygen atoms in total. The zero-order valence-corrected chi connectivity index (χ0v) is 16.9. The third-order valence-electron chi connectivity index (χ3n) is 6.57. The van der Waals surface area contributed by atoms with Crippen LogP contribution < -0.4 is 4.74 Å². The molecule has 156 valence electrons. The van der Waals surface area contributed by atoms with E-state index in [0.717, 1.165) is 63.9 Å². The van der Waals surface area contributed by atoms with Crippen LogP contribution in [0.5, 0.6) is 5.75 Å². The third-order valence-corrected chi connectivity index (χ3v) is 6.57. The SMILES string of the molecule is O=C(O)C1CCN(Cc2ccc3cc(OC4CCC(CO)CC4)ccc3c2)CC1. The Kier molecular flexibility index (Phi) is 6.36. The van der Waals surface area contributed by atoms with E-state index in [1.54, 1.807) is 0 Å². The summed E-state index contributed by atoms with van der Waals surface area (Å²) in [6.45, 7) is 2.86. The van der Waals surface area contributed by atoms with Gasteiger partial charge in [-0.05, 0) is 92.1 Å². The first kappa shape index (κ1) is 20.2. The van der Waals surface area contributed by atoms with E-state index in [0.29, 0.717) is 12.5 Å². The number of aliphatic hydroxyl groups excluding tert-OH is 1. The largest absolute Gasteiger partial charge is 0.490 e. The van der Waals surface area contributed by atoms with Gasteiger partial charge in [-0.1, -0.05) is 18.2 Å². The maximum atomic E-state index is 11.1. The summed E-state index contributed by atoms with van der Waals surface area (Å²) in [5, 5.41) is 20.8. The second-order valence-corrected chi connectivity index (χ2v) is 8.68. The molecule has 29 heavy (non-hydrogen) atoms. The molecule has 1 aliphatic heterocycles. The van der Waals surface area contributed by atoms with E-state index in [4.69, 9.17) is 9.84 Å². The van der Waals surface area contributed by atoms with Gasteiger partial charge in [0.25, 0.3) is 0 Å². The van der Waals surface area contributed by atoms with Crippen LogP contribution in [0.2, 0.25) is 0 Å². The molecule has 1 heterocycles. The number of hydrogen-bond acceptors (Lipinski definition) is 4. The highest BCUT2D eigenvalue weighted by atomic mass is 16.5. The Morgan fingerprint density at radius 3 is 2.34 bits per heavy atom. The molecule has 0 atom stereocenters. The number of fused-ring (bicyclic) bond motifs is 1. The van der Waals surface area contributed by atoms with Crippen LogP contribution in [-0.2, 0) is 11.3 Å². The zero-order chi connectivity index (χ0) is 20.2. The van der Waals surface area contributed by atoms with Crippen LogP contribution in [0.15, 0.2) is 36.4 Å². The van der Waals surface area contributed by atoms with Crippen molar-refractivity contribution in [1.29, 1.82) is 0 Å². The van der Waals surface area contributed by atoms with Crippen LogP contribution in [0.3, 0.4) is 0 Å². The number of likely N-dealkylation sites (tertiary alicyclic amines) is 1. The number of piperidine rings is 1. The van der Waals surface area contributed by atoms with E-state index in [1.807, 2.05) is 0 Å². The Labute approximate surface area is 172 Å². The van der Waals surface area contributed by atoms with Crippen LogP contribution in [0.1, 0.15) is 44.1 Å². The van der Waals surface area contributed by atoms with Gasteiger partial charge in [-0.15, -0.1) is 0 Å². The molecule has 2 N–H and O–H groups in total. The van der Waals surface area contributed by atoms with Gasteiger partial charge in [-0.3, -0.25) is 9.69 Å². The van der Waals surface area contributed by atoms with Crippen LogP contribution in [-0.4, -0.2) is 46.9 Å². The van der Waals surface area contributed by atoms with Crippen LogP contribution in [0.25, 0.3) is 10.8 Å². The van der Waals surface area contributed by atoms with Gasteiger partial charge in [0, 0.05) is 13.2 Å². The predicted molar refractivity (Wildman–Crippen MR) is 113 cm³/mol. The molecule has 2 aliphatic rings. The minimum Gasteiger partial charge on any atom is -0.490 e. The van der Waals surface area contributed by atoms with Crippen LogP contribution in [0, 0.1) is 11.8 Å². The summed E-state index contributed by atoms with van der Waals surface area (Å²) in [6, 6.07) is 12.9. The summed E-state index contributed by atoms with van der Waals surface area (Å²) in [6.07, 6.45) is 5.85. The number of carboxylic acid groups (broad SMARTS) is 1. The van der Waals surface area contributed by atoms with E-state index in [2.05, 4.69) is 41.3 Å². The van der Waals surface area contributed by atoms with Gasteiger partial charge in [-0.25, -0.2) is 0 Å². The minimum absolute atomic E-state index is 0.181. The molecule has 5 heteroatoms. The maximum Gasteiger partial charge on any atom is 0.306 e. The van der Waals surface area contributed by atoms with Crippen LogP contribution in [0.4, 0.5) is 0 Å². The fourth-order valence-electron chi connectivity index (χ4n) is 4.67. The summed E-state index contributed by atoms with van der Waals surface area (Å²) < 4.78 is 6.20. The molecule has 1 saturated heterocycles. The van der Waals surface area contributed by atoms with Crippen molar-refractivity contribution in [1.82, 2.24) is 4.90 Å². The summed E-state index contributed by atoms with van der Waals surface area (Å²) in [7, 11) is 0. The van der Waals surface area contributed by atoms with Gasteiger partial charge in [-0.2, -0.15) is 0 Å². The molecular formula is C24H31NO4. The number of hydrogen-bond donors (Lipinski definition) is 2. The molecule has 2 aromatic carbocycles. The van der Waals surface area contributed by atoms with Crippen molar-refractivity contribution in [3.63, 3.8) is 0 Å². The molecule has 4 rings (SSSR count). The standard InChI is InChI=1S/C24H31NO4/c26-16-17-2-6-22(7-3-17)29-23-8-5-20-13-18(1-4-21(20)14-23)15-25-11-9-19(10-12-25)24(27)28/h1,4-5,8,13-14,17,19,22,26H,2-3,6-7,9-12,15-16H2,(H,27,28). The Morgan fingerprint density at radius 2 is 1.66 bits per heavy atom. The molecule has 0 spiro atoms. The highest BCUT2D eigenvalue weighted by molar-refractivity contribution is 5.84. The summed E-state index contributed by atoms with van der Waals surface area (Å²) in [5.74, 6) is 0.531. The fraction of sp³-hybridized carbons (Fsp3) is 0.542. The third kappa shape index (κ3) is 5.09. The van der Waals surface area contributed by atoms with Crippen molar-refractivity contribution in [2.75, 3.05) is 19.7 Å². The molecule has 0 bridgehead atoms. The molecule has 2 fully saturated rings. The highest BCUT2D eigenvalue weighted by Crippen LogP contribution is 2.29. The van der Waals surface area contributed by atoms with Crippen molar-refractivity contribution >= 4 is 16.7 Å². The molecule has 1 aliphatic carbocycles. The summed E-state index contributed by atoms with van der Waals surface area (Å²) in [5.41, 5.74) is 1.27. The number of benzene rings is 2. The van der Waals surface area contributed by atoms with Gasteiger partial charge in [0.15, 0.2) is 0 Å². The maximum absolute atomic E-state index is 11.1. The van der Waals surface area contributed by atoms with E-state index in [9.17, 15) is 9.90 Å². The zero-order valence-electron chi connectivity index (χ0n) is 16.9. The van der Waals surface area contributed by atoms with Gasteiger partial charge < -0.3 is 14.9 Å². The molecule has 1 saturated carbocycles. The quantitative estimate of drug-likeness (QED) is 0.769. The number of carboxylic acids is 1. The first-order chi connectivity index (χ1) is 14.1. The second-order valence-electron chi connectivity index (χ2n) is 8.68. The first-order valence-electron chi connectivity index (χ1n) is 10.9. The average molecular weight is 398 g/mol. The lowest BCUT2D eigenvalue weighted by molar-refractivity contribution is -0.143. The number of ether oxygens (including phenoxy) is 1. The Morgan fingerprint density at radius 1 is 0.966 bits per heavy atom. The van der Waals surface area contributed by atoms with E-state index >= 15 is 0 Å². The molecule has 0 unspecified atom stereocenters. The fourth-order valence-corrected chi connectivity index (χ4v) is 4.67. The highest BCUT2D eigenvalue weighted by Gasteiger charge is 2.24. The minimum atomic E-state index is -0.658. The van der Waals surface area contributed by atoms with Gasteiger partial charge in [0.2, 0.25) is 0 Å². The Hall–Kier alpha value is -2.11. The van der Waals surface area contributed by atoms with Crippen LogP contribution >= 0.6 is 0 Å². The molecule has 0 amide bonds. The van der Waals surface area contributed by atoms with Gasteiger partial charge in [0.1, 0.15) is 5.75 Å². The topological polar surface area (TPSA) is 70.0 Å². The normalized spacial score (nSPS) is 23.9. The van der Waals surface area contributed by atoms with Gasteiger partial charge >= 0.3 is 5.97 Å². The number of rotatable bonds is 6. The summed E-state index contributed by atoms with van der Waals surface area (Å²) in [4.78, 5) is 13.5. The summed E-state index contributed by atoms with van der Waals surface area (Å²) >= 11 is 0. The number of aliphatic hydroxyl groups is 1. The average Bonchev–Trinajstić information content (AvgIpc) is 2.75. The van der Waals surface area contributed by atoms with Crippen molar-refractivity contribution in [3.05, 3.63) is 42.0 Å². The Balaban J connectivity index is 1.35. The molecule has 2 aromatic rings. The monoisotopic (exact) mass is 397 g/mol. The van der Waals surface area contributed by atoms with E-state index < -0.39 is 5.97 Å².